The highest BCUT2D eigenvalue weighted by molar-refractivity contribution is 5.73. The summed E-state index contributed by atoms with van der Waals surface area (Å²) in [5.41, 5.74) is 5.94. The van der Waals surface area contributed by atoms with Crippen molar-refractivity contribution in [2.45, 2.75) is 97.4 Å². The lowest BCUT2D eigenvalue weighted by atomic mass is 10.0. The van der Waals surface area contributed by atoms with Crippen molar-refractivity contribution in [1.29, 1.82) is 0 Å². The van der Waals surface area contributed by atoms with Crippen molar-refractivity contribution in [3.63, 3.8) is 0 Å². The van der Waals surface area contributed by atoms with Gasteiger partial charge in [0.1, 0.15) is 22.9 Å². The molecule has 2 fully saturated rings. The first-order chi connectivity index (χ1) is 22.3. The van der Waals surface area contributed by atoms with Crippen LogP contribution in [0.3, 0.4) is 0 Å². The molecule has 0 bridgehead atoms. The van der Waals surface area contributed by atoms with E-state index in [0.717, 1.165) is 76.7 Å². The highest BCUT2D eigenvalue weighted by Crippen LogP contribution is 2.36. The van der Waals surface area contributed by atoms with E-state index in [4.69, 9.17) is 14.5 Å². The highest BCUT2D eigenvalue weighted by atomic mass is 16.6. The summed E-state index contributed by atoms with van der Waals surface area (Å²) in [5.74, 6) is 1.58. The zero-order valence-corrected chi connectivity index (χ0v) is 28.5. The van der Waals surface area contributed by atoms with Crippen LogP contribution in [0.5, 0.6) is 0 Å². The van der Waals surface area contributed by atoms with Gasteiger partial charge in [-0.25, -0.2) is 19.6 Å². The number of likely N-dealkylation sites (tertiary alicyclic amines) is 2. The Morgan fingerprint density at radius 2 is 1.17 bits per heavy atom. The molecule has 0 saturated carbocycles. The van der Waals surface area contributed by atoms with Crippen molar-refractivity contribution in [1.82, 2.24) is 29.7 Å². The van der Waals surface area contributed by atoms with Crippen molar-refractivity contribution < 1.29 is 19.1 Å². The summed E-state index contributed by atoms with van der Waals surface area (Å²) in [6.45, 7) is 14.7. The number of aromatic nitrogens is 4. The molecule has 10 nitrogen and oxygen atoms in total. The van der Waals surface area contributed by atoms with Crippen LogP contribution in [-0.2, 0) is 9.47 Å². The lowest BCUT2D eigenvalue weighted by Gasteiger charge is -2.27. The van der Waals surface area contributed by atoms with E-state index < -0.39 is 11.2 Å². The van der Waals surface area contributed by atoms with E-state index in [1.54, 1.807) is 9.80 Å². The largest absolute Gasteiger partial charge is 0.444 e. The minimum atomic E-state index is -0.540. The van der Waals surface area contributed by atoms with Gasteiger partial charge in [-0.05, 0) is 90.8 Å². The van der Waals surface area contributed by atoms with Crippen LogP contribution in [0, 0.1) is 6.92 Å². The van der Waals surface area contributed by atoms with Crippen LogP contribution in [0.1, 0.15) is 96.7 Å². The molecule has 0 spiro atoms. The maximum Gasteiger partial charge on any atom is 0.410 e. The van der Waals surface area contributed by atoms with Gasteiger partial charge in [-0.3, -0.25) is 9.80 Å². The molecule has 248 valence electrons. The number of carbonyl (C=O) groups is 2. The molecule has 47 heavy (non-hydrogen) atoms. The fraction of sp³-hybridized carbons (Fsp3) is 0.459. The molecule has 0 radical (unpaired) electrons. The van der Waals surface area contributed by atoms with E-state index in [9.17, 15) is 9.59 Å². The standard InChI is InChI=1S/C37H46N6O4/c1-23-31(41-33(39-23)30-11-9-21-43(30)35(45)47-37(5,6)7)27-18-14-25(15-19-27)24-12-16-26(17-13-24)28-22-38-32(40-28)29-10-8-20-42(29)34(44)46-36(2,3)4/h12-19,22,29-30H,8-11,20-21H2,1-7H3,(H,38,40)(H,39,41)/t29-,30-/m0/s1. The quantitative estimate of drug-likeness (QED) is 0.226. The zero-order chi connectivity index (χ0) is 33.5. The molecule has 4 aromatic rings. The molecule has 10 heteroatoms. The number of amides is 2. The maximum atomic E-state index is 12.8. The number of carbonyl (C=O) groups excluding carboxylic acids is 2. The Hall–Kier alpha value is -4.60. The Kier molecular flexibility index (Phi) is 8.63. The van der Waals surface area contributed by atoms with Crippen LogP contribution in [0.2, 0.25) is 0 Å². The molecule has 2 amide bonds. The second kappa shape index (κ2) is 12.5. The number of nitrogens with one attached hydrogen (secondary N) is 2. The number of benzene rings is 2. The smallest absolute Gasteiger partial charge is 0.410 e. The highest BCUT2D eigenvalue weighted by Gasteiger charge is 2.36. The van der Waals surface area contributed by atoms with E-state index in [2.05, 4.69) is 63.5 Å². The molecule has 2 aromatic heterocycles. The second-order valence-corrected chi connectivity index (χ2v) is 14.6. The molecule has 2 aromatic carbocycles. The van der Waals surface area contributed by atoms with Gasteiger partial charge in [0.05, 0.1) is 29.7 Å². The summed E-state index contributed by atoms with van der Waals surface area (Å²) in [7, 11) is 0. The number of ether oxygens (including phenoxy) is 2. The number of nitrogens with zero attached hydrogens (tertiary/aromatic N) is 4. The van der Waals surface area contributed by atoms with E-state index in [-0.39, 0.29) is 24.3 Å². The first-order valence-corrected chi connectivity index (χ1v) is 16.6. The van der Waals surface area contributed by atoms with Crippen molar-refractivity contribution in [2.24, 2.45) is 0 Å². The summed E-state index contributed by atoms with van der Waals surface area (Å²) in [5, 5.41) is 0. The maximum absolute atomic E-state index is 12.8. The SMILES string of the molecule is Cc1[nH]c([C@@H]2CCCN2C(=O)OC(C)(C)C)nc1-c1ccc(-c2ccc(-c3cnc([C@@H]4CCCN4C(=O)OC(C)(C)C)[nH]3)cc2)cc1. The average Bonchev–Trinajstić information content (AvgIpc) is 3.81. The molecular weight excluding hydrogens is 592 g/mol. The molecule has 6 rings (SSSR count). The van der Waals surface area contributed by atoms with Crippen molar-refractivity contribution >= 4 is 12.2 Å². The van der Waals surface area contributed by atoms with E-state index >= 15 is 0 Å². The third kappa shape index (κ3) is 7.21. The first-order valence-electron chi connectivity index (χ1n) is 16.6. The first kappa shape index (κ1) is 32.3. The van der Waals surface area contributed by atoms with Crippen molar-refractivity contribution in [3.05, 3.63) is 72.1 Å². The molecule has 2 aliphatic heterocycles. The number of rotatable bonds is 5. The number of aryl methyl sites for hydroxylation is 1. The summed E-state index contributed by atoms with van der Waals surface area (Å²) in [4.78, 5) is 45.7. The van der Waals surface area contributed by atoms with Gasteiger partial charge in [-0.2, -0.15) is 0 Å². The molecule has 2 saturated heterocycles. The van der Waals surface area contributed by atoms with E-state index in [0.29, 0.717) is 13.1 Å². The third-order valence-corrected chi connectivity index (χ3v) is 8.58. The molecule has 2 N–H and O–H groups in total. The van der Waals surface area contributed by atoms with Crippen LogP contribution in [-0.4, -0.2) is 66.2 Å². The normalized spacial score (nSPS) is 18.5. The topological polar surface area (TPSA) is 116 Å². The molecule has 4 heterocycles. The number of H-pyrrole nitrogens is 2. The third-order valence-electron chi connectivity index (χ3n) is 8.58. The number of imidazole rings is 2. The molecule has 0 unspecified atom stereocenters. The van der Waals surface area contributed by atoms with Crippen LogP contribution in [0.4, 0.5) is 9.59 Å². The Morgan fingerprint density at radius 1 is 0.702 bits per heavy atom. The van der Waals surface area contributed by atoms with E-state index in [1.807, 2.05) is 54.7 Å². The fourth-order valence-electron chi connectivity index (χ4n) is 6.42. The molecule has 2 aliphatic rings. The number of hydrogen-bond acceptors (Lipinski definition) is 6. The van der Waals surface area contributed by atoms with Gasteiger partial charge in [-0.15, -0.1) is 0 Å². The van der Waals surface area contributed by atoms with Crippen molar-refractivity contribution in [2.75, 3.05) is 13.1 Å². The van der Waals surface area contributed by atoms with E-state index in [1.165, 1.54) is 0 Å². The summed E-state index contributed by atoms with van der Waals surface area (Å²) in [6.07, 6.45) is 4.79. The lowest BCUT2D eigenvalue weighted by Crippen LogP contribution is -2.36. The summed E-state index contributed by atoms with van der Waals surface area (Å²) in [6, 6.07) is 16.6. The van der Waals surface area contributed by atoms with Crippen LogP contribution < -0.4 is 0 Å². The van der Waals surface area contributed by atoms with Gasteiger partial charge in [0, 0.05) is 24.3 Å². The van der Waals surface area contributed by atoms with Gasteiger partial charge in [0.2, 0.25) is 0 Å². The minimum absolute atomic E-state index is 0.118. The minimum Gasteiger partial charge on any atom is -0.444 e. The van der Waals surface area contributed by atoms with Crippen molar-refractivity contribution in [3.8, 4) is 33.6 Å². The Labute approximate surface area is 276 Å². The molecule has 2 atom stereocenters. The monoisotopic (exact) mass is 638 g/mol. The van der Waals surface area contributed by atoms with Gasteiger partial charge in [-0.1, -0.05) is 48.5 Å². The van der Waals surface area contributed by atoms with Gasteiger partial charge in [0.15, 0.2) is 0 Å². The van der Waals surface area contributed by atoms with Crippen LogP contribution >= 0.6 is 0 Å². The second-order valence-electron chi connectivity index (χ2n) is 14.6. The predicted molar refractivity (Wildman–Crippen MR) is 182 cm³/mol. The zero-order valence-electron chi connectivity index (χ0n) is 28.5. The number of hydrogen-bond donors (Lipinski definition) is 2. The molecular formula is C37H46N6O4. The van der Waals surface area contributed by atoms with Gasteiger partial charge in [0.25, 0.3) is 0 Å². The van der Waals surface area contributed by atoms with Gasteiger partial charge < -0.3 is 19.4 Å². The van der Waals surface area contributed by atoms with Crippen LogP contribution in [0.25, 0.3) is 33.6 Å². The Bertz CT molecular complexity index is 1730. The Morgan fingerprint density at radius 3 is 1.68 bits per heavy atom. The summed E-state index contributed by atoms with van der Waals surface area (Å²) >= 11 is 0. The van der Waals surface area contributed by atoms with Gasteiger partial charge >= 0.3 is 12.2 Å². The number of aromatic amines is 2. The fourth-order valence-corrected chi connectivity index (χ4v) is 6.42. The summed E-state index contributed by atoms with van der Waals surface area (Å²) < 4.78 is 11.3. The lowest BCUT2D eigenvalue weighted by molar-refractivity contribution is 0.0208. The van der Waals surface area contributed by atoms with Crippen LogP contribution in [0.15, 0.2) is 54.7 Å². The average molecular weight is 639 g/mol. The predicted octanol–water partition coefficient (Wildman–Crippen LogP) is 8.59. The Balaban J connectivity index is 1.13. The molecule has 0 aliphatic carbocycles.